The first-order valence-electron chi connectivity index (χ1n) is 6.78. The van der Waals surface area contributed by atoms with Crippen LogP contribution in [0, 0.1) is 0 Å². The number of aromatic amines is 1. The highest BCUT2D eigenvalue weighted by Crippen LogP contribution is 2.27. The van der Waals surface area contributed by atoms with Crippen molar-refractivity contribution in [2.24, 2.45) is 0 Å². The van der Waals surface area contributed by atoms with Gasteiger partial charge in [0.05, 0.1) is 0 Å². The summed E-state index contributed by atoms with van der Waals surface area (Å²) in [5, 5.41) is 3.16. The van der Waals surface area contributed by atoms with Gasteiger partial charge in [0.15, 0.2) is 0 Å². The highest BCUT2D eigenvalue weighted by Gasteiger charge is 2.22. The molecule has 1 unspecified atom stereocenters. The zero-order valence-corrected chi connectivity index (χ0v) is 11.5. The Hall–Kier alpha value is -1.81. The monoisotopic (exact) mass is 256 g/mol. The molecule has 1 aromatic carbocycles. The molecule has 1 fully saturated rings. The SMILES string of the molecule is CNc1cccc(-c2ncc(C3CCN(C)C3)[nH]2)c1. The molecule has 0 aliphatic carbocycles. The number of hydrogen-bond acceptors (Lipinski definition) is 3. The summed E-state index contributed by atoms with van der Waals surface area (Å²) in [6.07, 6.45) is 3.21. The van der Waals surface area contributed by atoms with Crippen LogP contribution in [0.2, 0.25) is 0 Å². The number of imidazole rings is 1. The lowest BCUT2D eigenvalue weighted by Crippen LogP contribution is -2.13. The molecule has 2 aromatic rings. The van der Waals surface area contributed by atoms with Crippen molar-refractivity contribution in [2.75, 3.05) is 32.5 Å². The molecule has 1 aromatic heterocycles. The van der Waals surface area contributed by atoms with Crippen molar-refractivity contribution in [1.82, 2.24) is 14.9 Å². The lowest BCUT2D eigenvalue weighted by molar-refractivity contribution is 0.411. The average molecular weight is 256 g/mol. The Morgan fingerprint density at radius 1 is 1.42 bits per heavy atom. The molecule has 0 radical (unpaired) electrons. The number of hydrogen-bond donors (Lipinski definition) is 2. The number of likely N-dealkylation sites (tertiary alicyclic amines) is 1. The number of H-pyrrole nitrogens is 1. The van der Waals surface area contributed by atoms with Crippen LogP contribution in [0.15, 0.2) is 30.5 Å². The third-order valence-corrected chi connectivity index (χ3v) is 3.85. The second-order valence-electron chi connectivity index (χ2n) is 5.27. The predicted molar refractivity (Wildman–Crippen MR) is 78.4 cm³/mol. The highest BCUT2D eigenvalue weighted by molar-refractivity contribution is 5.62. The molecular formula is C15H20N4. The number of anilines is 1. The van der Waals surface area contributed by atoms with Crippen molar-refractivity contribution in [1.29, 1.82) is 0 Å². The van der Waals surface area contributed by atoms with Gasteiger partial charge in [-0.2, -0.15) is 0 Å². The Kier molecular flexibility index (Phi) is 3.25. The first-order valence-corrected chi connectivity index (χ1v) is 6.78. The molecule has 1 saturated heterocycles. The molecule has 100 valence electrons. The molecule has 1 aliphatic rings. The molecule has 3 rings (SSSR count). The van der Waals surface area contributed by atoms with Crippen LogP contribution < -0.4 is 5.32 Å². The molecule has 4 heteroatoms. The molecule has 1 aliphatic heterocycles. The summed E-state index contributed by atoms with van der Waals surface area (Å²) in [5.74, 6) is 1.56. The van der Waals surface area contributed by atoms with E-state index in [1.165, 1.54) is 18.7 Å². The van der Waals surface area contributed by atoms with Gasteiger partial charge < -0.3 is 15.2 Å². The van der Waals surface area contributed by atoms with E-state index >= 15 is 0 Å². The summed E-state index contributed by atoms with van der Waals surface area (Å²) in [6, 6.07) is 8.31. The second-order valence-corrected chi connectivity index (χ2v) is 5.27. The maximum absolute atomic E-state index is 4.53. The van der Waals surface area contributed by atoms with E-state index in [1.54, 1.807) is 0 Å². The van der Waals surface area contributed by atoms with Gasteiger partial charge >= 0.3 is 0 Å². The smallest absolute Gasteiger partial charge is 0.137 e. The first kappa shape index (κ1) is 12.2. The van der Waals surface area contributed by atoms with Gasteiger partial charge in [-0.1, -0.05) is 12.1 Å². The average Bonchev–Trinajstić information content (AvgIpc) is 3.07. The molecular weight excluding hydrogens is 236 g/mol. The fourth-order valence-electron chi connectivity index (χ4n) is 2.70. The molecule has 0 saturated carbocycles. The lowest BCUT2D eigenvalue weighted by Gasteiger charge is -2.07. The normalized spacial score (nSPS) is 19.8. The maximum Gasteiger partial charge on any atom is 0.137 e. The van der Waals surface area contributed by atoms with Crippen LogP contribution in [-0.4, -0.2) is 42.1 Å². The summed E-state index contributed by atoms with van der Waals surface area (Å²) in [7, 11) is 4.11. The van der Waals surface area contributed by atoms with E-state index in [9.17, 15) is 0 Å². The predicted octanol–water partition coefficient (Wildman–Crippen LogP) is 2.54. The molecule has 19 heavy (non-hydrogen) atoms. The summed E-state index contributed by atoms with van der Waals surface area (Å²) in [6.45, 7) is 2.30. The minimum atomic E-state index is 0.596. The van der Waals surface area contributed by atoms with E-state index in [0.717, 1.165) is 23.6 Å². The Bertz CT molecular complexity index is 561. The van der Waals surface area contributed by atoms with Crippen LogP contribution in [0.5, 0.6) is 0 Å². The van der Waals surface area contributed by atoms with Gasteiger partial charge in [0.1, 0.15) is 5.82 Å². The largest absolute Gasteiger partial charge is 0.388 e. The maximum atomic E-state index is 4.53. The van der Waals surface area contributed by atoms with E-state index in [2.05, 4.69) is 45.4 Å². The summed E-state index contributed by atoms with van der Waals surface area (Å²) < 4.78 is 0. The lowest BCUT2D eigenvalue weighted by atomic mass is 10.1. The van der Waals surface area contributed by atoms with Gasteiger partial charge in [-0.3, -0.25) is 0 Å². The van der Waals surface area contributed by atoms with E-state index in [-0.39, 0.29) is 0 Å². The summed E-state index contributed by atoms with van der Waals surface area (Å²) in [5.41, 5.74) is 3.50. The van der Waals surface area contributed by atoms with Gasteiger partial charge in [-0.05, 0) is 32.1 Å². The number of nitrogens with zero attached hydrogens (tertiary/aromatic N) is 2. The summed E-state index contributed by atoms with van der Waals surface area (Å²) >= 11 is 0. The van der Waals surface area contributed by atoms with Crippen LogP contribution in [0.25, 0.3) is 11.4 Å². The molecule has 4 nitrogen and oxygen atoms in total. The van der Waals surface area contributed by atoms with Gasteiger partial charge in [0.2, 0.25) is 0 Å². The van der Waals surface area contributed by atoms with Crippen LogP contribution in [0.3, 0.4) is 0 Å². The number of nitrogens with one attached hydrogen (secondary N) is 2. The quantitative estimate of drug-likeness (QED) is 0.887. The molecule has 2 heterocycles. The Morgan fingerprint density at radius 3 is 3.05 bits per heavy atom. The number of aromatic nitrogens is 2. The summed E-state index contributed by atoms with van der Waals surface area (Å²) in [4.78, 5) is 10.4. The molecule has 1 atom stereocenters. The number of rotatable bonds is 3. The van der Waals surface area contributed by atoms with Crippen molar-refractivity contribution >= 4 is 5.69 Å². The van der Waals surface area contributed by atoms with Crippen LogP contribution in [0.1, 0.15) is 18.0 Å². The fourth-order valence-corrected chi connectivity index (χ4v) is 2.70. The molecule has 0 amide bonds. The minimum absolute atomic E-state index is 0.596. The molecule has 2 N–H and O–H groups in total. The van der Waals surface area contributed by atoms with Crippen molar-refractivity contribution in [3.63, 3.8) is 0 Å². The Labute approximate surface area is 113 Å². The van der Waals surface area contributed by atoms with Gasteiger partial charge in [0.25, 0.3) is 0 Å². The zero-order valence-electron chi connectivity index (χ0n) is 11.5. The fraction of sp³-hybridized carbons (Fsp3) is 0.400. The standard InChI is InChI=1S/C15H20N4/c1-16-13-5-3-4-11(8-13)15-17-9-14(18-15)12-6-7-19(2)10-12/h3-5,8-9,12,16H,6-7,10H2,1-2H3,(H,17,18). The van der Waals surface area contributed by atoms with Gasteiger partial charge in [-0.25, -0.2) is 4.98 Å². The van der Waals surface area contributed by atoms with Crippen LogP contribution >= 0.6 is 0 Å². The number of likely N-dealkylation sites (N-methyl/N-ethyl adjacent to an activating group) is 1. The topological polar surface area (TPSA) is 44.0 Å². The van der Waals surface area contributed by atoms with Crippen molar-refractivity contribution < 1.29 is 0 Å². The van der Waals surface area contributed by atoms with Gasteiger partial charge in [-0.15, -0.1) is 0 Å². The van der Waals surface area contributed by atoms with E-state index in [0.29, 0.717) is 5.92 Å². The van der Waals surface area contributed by atoms with Crippen molar-refractivity contribution in [3.8, 4) is 11.4 Å². The second kappa shape index (κ2) is 5.05. The molecule has 0 spiro atoms. The van der Waals surface area contributed by atoms with Crippen molar-refractivity contribution in [3.05, 3.63) is 36.2 Å². The minimum Gasteiger partial charge on any atom is -0.388 e. The van der Waals surface area contributed by atoms with Crippen molar-refractivity contribution in [2.45, 2.75) is 12.3 Å². The third kappa shape index (κ3) is 2.49. The number of benzene rings is 1. The van der Waals surface area contributed by atoms with Gasteiger partial charge in [0, 0.05) is 42.7 Å². The van der Waals surface area contributed by atoms with Crippen LogP contribution in [-0.2, 0) is 0 Å². The first-order chi connectivity index (χ1) is 9.26. The Balaban J connectivity index is 1.84. The molecule has 0 bridgehead atoms. The highest BCUT2D eigenvalue weighted by atomic mass is 15.1. The van der Waals surface area contributed by atoms with E-state index < -0.39 is 0 Å². The third-order valence-electron chi connectivity index (χ3n) is 3.85. The Morgan fingerprint density at radius 2 is 2.32 bits per heavy atom. The van der Waals surface area contributed by atoms with E-state index in [1.807, 2.05) is 19.3 Å². The zero-order chi connectivity index (χ0) is 13.2. The van der Waals surface area contributed by atoms with E-state index in [4.69, 9.17) is 0 Å². The van der Waals surface area contributed by atoms with Crippen LogP contribution in [0.4, 0.5) is 5.69 Å².